The summed E-state index contributed by atoms with van der Waals surface area (Å²) in [7, 11) is 0. The standard InChI is InChI=1S/C15H15FN2O/c16-14-5-3-12(4-6-14)10-15(19)18-9-7-13-2-1-8-17-11-13/h1-6,8,11H,7,9-10H2,(H,18,19). The Morgan fingerprint density at radius 1 is 1.16 bits per heavy atom. The van der Waals surface area contributed by atoms with Crippen LogP contribution in [0.25, 0.3) is 0 Å². The summed E-state index contributed by atoms with van der Waals surface area (Å²) in [4.78, 5) is 15.7. The van der Waals surface area contributed by atoms with E-state index in [9.17, 15) is 9.18 Å². The highest BCUT2D eigenvalue weighted by Gasteiger charge is 2.03. The first-order valence-corrected chi connectivity index (χ1v) is 6.14. The summed E-state index contributed by atoms with van der Waals surface area (Å²) >= 11 is 0. The Morgan fingerprint density at radius 3 is 2.63 bits per heavy atom. The maximum Gasteiger partial charge on any atom is 0.224 e. The molecule has 0 unspecified atom stereocenters. The van der Waals surface area contributed by atoms with Gasteiger partial charge in [-0.15, -0.1) is 0 Å². The van der Waals surface area contributed by atoms with Crippen molar-refractivity contribution >= 4 is 5.91 Å². The minimum absolute atomic E-state index is 0.0597. The number of carbonyl (C=O) groups is 1. The highest BCUT2D eigenvalue weighted by molar-refractivity contribution is 5.78. The predicted octanol–water partition coefficient (Wildman–Crippen LogP) is 2.12. The maximum absolute atomic E-state index is 12.7. The topological polar surface area (TPSA) is 42.0 Å². The highest BCUT2D eigenvalue weighted by atomic mass is 19.1. The van der Waals surface area contributed by atoms with Crippen LogP contribution < -0.4 is 5.32 Å². The van der Waals surface area contributed by atoms with Crippen LogP contribution in [0.5, 0.6) is 0 Å². The second kappa shape index (κ2) is 6.64. The van der Waals surface area contributed by atoms with Crippen LogP contribution in [0.3, 0.4) is 0 Å². The van der Waals surface area contributed by atoms with E-state index in [4.69, 9.17) is 0 Å². The summed E-state index contributed by atoms with van der Waals surface area (Å²) in [6.45, 7) is 0.575. The Bertz CT molecular complexity index is 526. The number of nitrogens with one attached hydrogen (secondary N) is 1. The average molecular weight is 258 g/mol. The van der Waals surface area contributed by atoms with Crippen LogP contribution in [0.4, 0.5) is 4.39 Å². The molecule has 0 spiro atoms. The molecular formula is C15H15FN2O. The van der Waals surface area contributed by atoms with Crippen molar-refractivity contribution in [1.82, 2.24) is 10.3 Å². The van der Waals surface area contributed by atoms with Crippen LogP contribution in [0.1, 0.15) is 11.1 Å². The van der Waals surface area contributed by atoms with Crippen molar-refractivity contribution in [2.24, 2.45) is 0 Å². The molecule has 1 N–H and O–H groups in total. The normalized spacial score (nSPS) is 10.2. The van der Waals surface area contributed by atoms with Crippen LogP contribution in [-0.4, -0.2) is 17.4 Å². The highest BCUT2D eigenvalue weighted by Crippen LogP contribution is 2.03. The number of amides is 1. The van der Waals surface area contributed by atoms with Crippen molar-refractivity contribution in [3.63, 3.8) is 0 Å². The van der Waals surface area contributed by atoms with Gasteiger partial charge in [0.05, 0.1) is 6.42 Å². The zero-order valence-corrected chi connectivity index (χ0v) is 10.5. The van der Waals surface area contributed by atoms with Crippen molar-refractivity contribution < 1.29 is 9.18 Å². The van der Waals surface area contributed by atoms with Gasteiger partial charge in [0, 0.05) is 18.9 Å². The number of nitrogens with zero attached hydrogens (tertiary/aromatic N) is 1. The molecule has 4 heteroatoms. The third-order valence-corrected chi connectivity index (χ3v) is 2.74. The molecule has 98 valence electrons. The maximum atomic E-state index is 12.7. The number of halogens is 1. The van der Waals surface area contributed by atoms with Gasteiger partial charge < -0.3 is 5.32 Å². The van der Waals surface area contributed by atoms with Crippen LogP contribution >= 0.6 is 0 Å². The fourth-order valence-electron chi connectivity index (χ4n) is 1.74. The molecule has 0 fully saturated rings. The van der Waals surface area contributed by atoms with Gasteiger partial charge in [-0.1, -0.05) is 18.2 Å². The van der Waals surface area contributed by atoms with Crippen molar-refractivity contribution in [1.29, 1.82) is 0 Å². The molecule has 0 saturated carbocycles. The Balaban J connectivity index is 1.74. The van der Waals surface area contributed by atoms with E-state index in [0.717, 1.165) is 17.5 Å². The summed E-state index contributed by atoms with van der Waals surface area (Å²) in [5, 5.41) is 2.83. The second-order valence-electron chi connectivity index (χ2n) is 4.26. The molecule has 0 aliphatic heterocycles. The summed E-state index contributed by atoms with van der Waals surface area (Å²) < 4.78 is 12.7. The van der Waals surface area contributed by atoms with E-state index in [1.807, 2.05) is 12.1 Å². The van der Waals surface area contributed by atoms with Gasteiger partial charge in [-0.3, -0.25) is 9.78 Å². The molecule has 1 heterocycles. The summed E-state index contributed by atoms with van der Waals surface area (Å²) in [6.07, 6.45) is 4.53. The van der Waals surface area contributed by atoms with Gasteiger partial charge >= 0.3 is 0 Å². The Labute approximate surface area is 111 Å². The molecule has 0 aliphatic rings. The molecule has 0 radical (unpaired) electrons. The van der Waals surface area contributed by atoms with Gasteiger partial charge in [0.25, 0.3) is 0 Å². The quantitative estimate of drug-likeness (QED) is 0.892. The van der Waals surface area contributed by atoms with Crippen molar-refractivity contribution in [3.05, 3.63) is 65.7 Å². The van der Waals surface area contributed by atoms with E-state index in [2.05, 4.69) is 10.3 Å². The molecule has 0 aliphatic carbocycles. The zero-order chi connectivity index (χ0) is 13.5. The molecule has 0 bridgehead atoms. The molecule has 0 saturated heterocycles. The second-order valence-corrected chi connectivity index (χ2v) is 4.26. The molecule has 2 aromatic rings. The first-order valence-electron chi connectivity index (χ1n) is 6.14. The minimum Gasteiger partial charge on any atom is -0.355 e. The fourth-order valence-corrected chi connectivity index (χ4v) is 1.74. The van der Waals surface area contributed by atoms with E-state index in [0.29, 0.717) is 6.54 Å². The molecule has 2 rings (SSSR count). The van der Waals surface area contributed by atoms with Crippen molar-refractivity contribution in [3.8, 4) is 0 Å². The number of hydrogen-bond donors (Lipinski definition) is 1. The van der Waals surface area contributed by atoms with Gasteiger partial charge in [-0.2, -0.15) is 0 Å². The summed E-state index contributed by atoms with van der Waals surface area (Å²) in [5.74, 6) is -0.351. The first kappa shape index (κ1) is 13.2. The van der Waals surface area contributed by atoms with Crippen LogP contribution in [0.2, 0.25) is 0 Å². The van der Waals surface area contributed by atoms with Crippen LogP contribution in [0, 0.1) is 5.82 Å². The van der Waals surface area contributed by atoms with E-state index in [1.54, 1.807) is 24.5 Å². The molecular weight excluding hydrogens is 243 g/mol. The summed E-state index contributed by atoms with van der Waals surface area (Å²) in [6, 6.07) is 9.80. The molecule has 1 amide bonds. The smallest absolute Gasteiger partial charge is 0.224 e. The molecule has 1 aromatic heterocycles. The van der Waals surface area contributed by atoms with Gasteiger partial charge in [-0.05, 0) is 35.7 Å². The SMILES string of the molecule is O=C(Cc1ccc(F)cc1)NCCc1cccnc1. The third kappa shape index (κ3) is 4.50. The molecule has 0 atom stereocenters. The van der Waals surface area contributed by atoms with Gasteiger partial charge in [0.1, 0.15) is 5.82 Å². The predicted molar refractivity (Wildman–Crippen MR) is 71.1 cm³/mol. The molecule has 19 heavy (non-hydrogen) atoms. The first-order chi connectivity index (χ1) is 9.24. The Kier molecular flexibility index (Phi) is 4.61. The lowest BCUT2D eigenvalue weighted by Crippen LogP contribution is -2.27. The van der Waals surface area contributed by atoms with Crippen LogP contribution in [0.15, 0.2) is 48.8 Å². The third-order valence-electron chi connectivity index (χ3n) is 2.74. The minimum atomic E-state index is -0.291. The number of carbonyl (C=O) groups excluding carboxylic acids is 1. The number of hydrogen-bond acceptors (Lipinski definition) is 2. The van der Waals surface area contributed by atoms with E-state index in [1.165, 1.54) is 12.1 Å². The number of benzene rings is 1. The molecule has 1 aromatic carbocycles. The van der Waals surface area contributed by atoms with Gasteiger partial charge in [0.15, 0.2) is 0 Å². The average Bonchev–Trinajstić information content (AvgIpc) is 2.43. The lowest BCUT2D eigenvalue weighted by atomic mass is 10.1. The number of rotatable bonds is 5. The lowest BCUT2D eigenvalue weighted by Gasteiger charge is -2.05. The van der Waals surface area contributed by atoms with E-state index >= 15 is 0 Å². The van der Waals surface area contributed by atoms with Gasteiger partial charge in [-0.25, -0.2) is 4.39 Å². The van der Waals surface area contributed by atoms with E-state index in [-0.39, 0.29) is 18.1 Å². The Morgan fingerprint density at radius 2 is 1.95 bits per heavy atom. The summed E-state index contributed by atoms with van der Waals surface area (Å²) in [5.41, 5.74) is 1.89. The number of aromatic nitrogens is 1. The lowest BCUT2D eigenvalue weighted by molar-refractivity contribution is -0.120. The van der Waals surface area contributed by atoms with Gasteiger partial charge in [0.2, 0.25) is 5.91 Å². The monoisotopic (exact) mass is 258 g/mol. The van der Waals surface area contributed by atoms with Crippen molar-refractivity contribution in [2.45, 2.75) is 12.8 Å². The van der Waals surface area contributed by atoms with Crippen LogP contribution in [-0.2, 0) is 17.6 Å². The molecule has 3 nitrogen and oxygen atoms in total. The Hall–Kier alpha value is -2.23. The largest absolute Gasteiger partial charge is 0.355 e. The number of pyridine rings is 1. The zero-order valence-electron chi connectivity index (χ0n) is 10.5. The fraction of sp³-hybridized carbons (Fsp3) is 0.200. The van der Waals surface area contributed by atoms with Crippen molar-refractivity contribution in [2.75, 3.05) is 6.54 Å². The van der Waals surface area contributed by atoms with E-state index < -0.39 is 0 Å².